The Morgan fingerprint density at radius 2 is 2.54 bits per heavy atom. The van der Waals surface area contributed by atoms with E-state index in [2.05, 4.69) is 13.0 Å². The van der Waals surface area contributed by atoms with Gasteiger partial charge in [-0.2, -0.15) is 0 Å². The van der Waals surface area contributed by atoms with Crippen LogP contribution in [0.5, 0.6) is 5.75 Å². The van der Waals surface area contributed by atoms with E-state index < -0.39 is 0 Å². The summed E-state index contributed by atoms with van der Waals surface area (Å²) in [5, 5.41) is 0. The van der Waals surface area contributed by atoms with Crippen LogP contribution in [0.2, 0.25) is 0 Å². The summed E-state index contributed by atoms with van der Waals surface area (Å²) in [5.41, 5.74) is 1.31. The summed E-state index contributed by atoms with van der Waals surface area (Å²) in [5.74, 6) is 1.07. The second-order valence-corrected chi connectivity index (χ2v) is 3.60. The fraction of sp³-hybridized carbons (Fsp3) is 0.500. The Bertz CT molecular complexity index is 280. The van der Waals surface area contributed by atoms with Crippen LogP contribution in [0.1, 0.15) is 31.7 Å². The van der Waals surface area contributed by atoms with Crippen molar-refractivity contribution >= 4 is 0 Å². The highest BCUT2D eigenvalue weighted by molar-refractivity contribution is 5.34. The van der Waals surface area contributed by atoms with Crippen molar-refractivity contribution in [1.82, 2.24) is 0 Å². The molecule has 0 amide bonds. The van der Waals surface area contributed by atoms with E-state index in [0.29, 0.717) is 6.10 Å². The second kappa shape index (κ2) is 3.82. The molecule has 0 N–H and O–H groups in total. The van der Waals surface area contributed by atoms with Gasteiger partial charge in [0.25, 0.3) is 0 Å². The van der Waals surface area contributed by atoms with Gasteiger partial charge in [-0.3, -0.25) is 0 Å². The largest absolute Gasteiger partial charge is 0.490 e. The first-order chi connectivity index (χ1) is 6.40. The molecular formula is C12H15O. The standard InChI is InChI=1S/C12H15O/c1-2-5-11-9-8-10-6-3-4-7-12(10)13-11/h4,6-7,11H,2,5,8-9H2,1H3. The number of ether oxygens (including phenoxy) is 1. The molecule has 1 aliphatic heterocycles. The van der Waals surface area contributed by atoms with Crippen molar-refractivity contribution in [3.8, 4) is 5.75 Å². The minimum atomic E-state index is 0.444. The molecule has 2 rings (SSSR count). The normalized spacial score (nSPS) is 20.5. The lowest BCUT2D eigenvalue weighted by Gasteiger charge is -2.25. The molecule has 13 heavy (non-hydrogen) atoms. The summed E-state index contributed by atoms with van der Waals surface area (Å²) in [6, 6.07) is 9.08. The summed E-state index contributed by atoms with van der Waals surface area (Å²) < 4.78 is 5.85. The van der Waals surface area contributed by atoms with E-state index in [0.717, 1.165) is 12.2 Å². The zero-order valence-electron chi connectivity index (χ0n) is 8.05. The molecule has 1 atom stereocenters. The van der Waals surface area contributed by atoms with Crippen LogP contribution in [-0.4, -0.2) is 6.10 Å². The molecule has 1 aliphatic rings. The average Bonchev–Trinajstić information content (AvgIpc) is 2.18. The van der Waals surface area contributed by atoms with Crippen LogP contribution < -0.4 is 4.74 Å². The van der Waals surface area contributed by atoms with Gasteiger partial charge in [-0.25, -0.2) is 0 Å². The van der Waals surface area contributed by atoms with Crippen molar-refractivity contribution in [3.63, 3.8) is 0 Å². The second-order valence-electron chi connectivity index (χ2n) is 3.60. The topological polar surface area (TPSA) is 9.23 Å². The summed E-state index contributed by atoms with van der Waals surface area (Å²) in [6.07, 6.45) is 5.15. The van der Waals surface area contributed by atoms with Gasteiger partial charge in [0.1, 0.15) is 5.75 Å². The number of hydrogen-bond acceptors (Lipinski definition) is 1. The zero-order valence-corrected chi connectivity index (χ0v) is 8.05. The molecule has 0 bridgehead atoms. The maximum Gasteiger partial charge on any atom is 0.122 e. The maximum absolute atomic E-state index is 5.85. The van der Waals surface area contributed by atoms with Gasteiger partial charge >= 0.3 is 0 Å². The molecule has 0 aliphatic carbocycles. The molecule has 1 unspecified atom stereocenters. The number of hydrogen-bond donors (Lipinski definition) is 0. The first kappa shape index (κ1) is 8.61. The number of fused-ring (bicyclic) bond motifs is 1. The molecule has 1 heteroatoms. The Morgan fingerprint density at radius 3 is 3.38 bits per heavy atom. The zero-order chi connectivity index (χ0) is 9.10. The molecule has 1 heterocycles. The first-order valence-electron chi connectivity index (χ1n) is 5.06. The quantitative estimate of drug-likeness (QED) is 0.671. The van der Waals surface area contributed by atoms with Crippen LogP contribution in [0.15, 0.2) is 18.2 Å². The van der Waals surface area contributed by atoms with Crippen molar-refractivity contribution in [1.29, 1.82) is 0 Å². The Kier molecular flexibility index (Phi) is 2.53. The van der Waals surface area contributed by atoms with Crippen molar-refractivity contribution in [2.45, 2.75) is 38.7 Å². The fourth-order valence-corrected chi connectivity index (χ4v) is 1.84. The lowest BCUT2D eigenvalue weighted by atomic mass is 10.00. The first-order valence-corrected chi connectivity index (χ1v) is 5.06. The lowest BCUT2D eigenvalue weighted by Crippen LogP contribution is -2.22. The predicted octanol–water partition coefficient (Wildman–Crippen LogP) is 2.98. The smallest absolute Gasteiger partial charge is 0.122 e. The molecule has 0 aromatic heterocycles. The summed E-state index contributed by atoms with van der Waals surface area (Å²) in [6.45, 7) is 2.21. The Hall–Kier alpha value is -0.980. The summed E-state index contributed by atoms with van der Waals surface area (Å²) >= 11 is 0. The van der Waals surface area contributed by atoms with Crippen LogP contribution >= 0.6 is 0 Å². The van der Waals surface area contributed by atoms with E-state index in [1.807, 2.05) is 18.2 Å². The monoisotopic (exact) mass is 175 g/mol. The van der Waals surface area contributed by atoms with Crippen molar-refractivity contribution in [2.24, 2.45) is 0 Å². The third-order valence-electron chi connectivity index (χ3n) is 2.54. The lowest BCUT2D eigenvalue weighted by molar-refractivity contribution is 0.163. The number of benzene rings is 1. The van der Waals surface area contributed by atoms with Gasteiger partial charge in [0, 0.05) is 0 Å². The van der Waals surface area contributed by atoms with Gasteiger partial charge < -0.3 is 4.74 Å². The molecule has 69 valence electrons. The minimum absolute atomic E-state index is 0.444. The summed E-state index contributed by atoms with van der Waals surface area (Å²) in [4.78, 5) is 0. The number of rotatable bonds is 2. The van der Waals surface area contributed by atoms with E-state index in [1.165, 1.54) is 24.8 Å². The van der Waals surface area contributed by atoms with E-state index in [1.54, 1.807) is 0 Å². The van der Waals surface area contributed by atoms with Gasteiger partial charge in [-0.15, -0.1) is 0 Å². The molecule has 0 saturated carbocycles. The van der Waals surface area contributed by atoms with E-state index in [4.69, 9.17) is 4.74 Å². The third-order valence-corrected chi connectivity index (χ3v) is 2.54. The molecule has 0 saturated heterocycles. The number of aryl methyl sites for hydroxylation is 1. The molecular weight excluding hydrogens is 160 g/mol. The Labute approximate surface area is 79.7 Å². The Balaban J connectivity index is 2.11. The maximum atomic E-state index is 5.85. The van der Waals surface area contributed by atoms with Crippen molar-refractivity contribution in [3.05, 3.63) is 29.8 Å². The van der Waals surface area contributed by atoms with Crippen molar-refractivity contribution < 1.29 is 4.74 Å². The van der Waals surface area contributed by atoms with Crippen LogP contribution in [0.3, 0.4) is 0 Å². The predicted molar refractivity (Wildman–Crippen MR) is 52.9 cm³/mol. The van der Waals surface area contributed by atoms with Crippen molar-refractivity contribution in [2.75, 3.05) is 0 Å². The highest BCUT2D eigenvalue weighted by Crippen LogP contribution is 2.28. The van der Waals surface area contributed by atoms with E-state index in [-0.39, 0.29) is 0 Å². The molecule has 1 radical (unpaired) electrons. The van der Waals surface area contributed by atoms with E-state index in [9.17, 15) is 0 Å². The molecule has 1 nitrogen and oxygen atoms in total. The van der Waals surface area contributed by atoms with Gasteiger partial charge in [0.2, 0.25) is 0 Å². The molecule has 1 aromatic rings. The van der Waals surface area contributed by atoms with Crippen LogP contribution in [0, 0.1) is 6.07 Å². The highest BCUT2D eigenvalue weighted by atomic mass is 16.5. The summed E-state index contributed by atoms with van der Waals surface area (Å²) in [7, 11) is 0. The minimum Gasteiger partial charge on any atom is -0.490 e. The van der Waals surface area contributed by atoms with Gasteiger partial charge in [0.15, 0.2) is 0 Å². The van der Waals surface area contributed by atoms with Gasteiger partial charge in [0.05, 0.1) is 6.10 Å². The SMILES string of the molecule is CCCC1CCc2c[c]ccc2O1. The van der Waals surface area contributed by atoms with Crippen LogP contribution in [0.4, 0.5) is 0 Å². The molecule has 1 aromatic carbocycles. The van der Waals surface area contributed by atoms with Crippen LogP contribution in [-0.2, 0) is 6.42 Å². The highest BCUT2D eigenvalue weighted by Gasteiger charge is 2.17. The fourth-order valence-electron chi connectivity index (χ4n) is 1.84. The van der Waals surface area contributed by atoms with Gasteiger partial charge in [-0.05, 0) is 43.0 Å². The Morgan fingerprint density at radius 1 is 1.62 bits per heavy atom. The third kappa shape index (κ3) is 1.85. The van der Waals surface area contributed by atoms with E-state index >= 15 is 0 Å². The molecule has 0 spiro atoms. The molecule has 0 fully saturated rings. The average molecular weight is 175 g/mol. The van der Waals surface area contributed by atoms with Gasteiger partial charge in [-0.1, -0.05) is 19.4 Å². The van der Waals surface area contributed by atoms with Crippen LogP contribution in [0.25, 0.3) is 0 Å².